The molecule has 0 N–H and O–H groups in total. The van der Waals surface area contributed by atoms with Gasteiger partial charge in [0, 0.05) is 12.8 Å². The Morgan fingerprint density at radius 3 is 1.43 bits per heavy atom. The summed E-state index contributed by atoms with van der Waals surface area (Å²) in [5.74, 6) is 0.316. The van der Waals surface area contributed by atoms with E-state index in [1.807, 2.05) is 27.7 Å². The molecule has 0 aromatic carbocycles. The summed E-state index contributed by atoms with van der Waals surface area (Å²) >= 11 is 0. The van der Waals surface area contributed by atoms with E-state index in [-0.39, 0.29) is 24.1 Å². The third-order valence-corrected chi connectivity index (χ3v) is 4.83. The monoisotopic (exact) mass is 398 g/mol. The fourth-order valence-electron chi connectivity index (χ4n) is 3.37. The first-order chi connectivity index (χ1) is 13.3. The van der Waals surface area contributed by atoms with Crippen LogP contribution in [0.15, 0.2) is 0 Å². The van der Waals surface area contributed by atoms with Crippen LogP contribution in [0.2, 0.25) is 0 Å². The van der Waals surface area contributed by atoms with Crippen molar-refractivity contribution in [1.29, 1.82) is 0 Å². The lowest BCUT2D eigenvalue weighted by Gasteiger charge is -2.12. The van der Waals surface area contributed by atoms with Crippen LogP contribution >= 0.6 is 0 Å². The first-order valence-electron chi connectivity index (χ1n) is 11.7. The van der Waals surface area contributed by atoms with Gasteiger partial charge in [0.05, 0.1) is 12.2 Å². The number of esters is 2. The molecule has 166 valence electrons. The first-order valence-corrected chi connectivity index (χ1v) is 11.7. The summed E-state index contributed by atoms with van der Waals surface area (Å²) in [6.07, 6.45) is 15.9. The highest BCUT2D eigenvalue weighted by Gasteiger charge is 2.11. The highest BCUT2D eigenvalue weighted by Crippen LogP contribution is 2.17. The molecule has 0 radical (unpaired) electrons. The van der Waals surface area contributed by atoms with Crippen LogP contribution < -0.4 is 0 Å². The van der Waals surface area contributed by atoms with Crippen LogP contribution in [0.4, 0.5) is 0 Å². The number of ether oxygens (including phenoxy) is 2. The summed E-state index contributed by atoms with van der Waals surface area (Å²) in [5.41, 5.74) is 0. The molecule has 4 heteroatoms. The van der Waals surface area contributed by atoms with Gasteiger partial charge in [0.25, 0.3) is 0 Å². The largest absolute Gasteiger partial charge is 0.463 e. The minimum Gasteiger partial charge on any atom is -0.463 e. The highest BCUT2D eigenvalue weighted by atomic mass is 16.5. The predicted octanol–water partition coefficient (Wildman–Crippen LogP) is 6.99. The quantitative estimate of drug-likeness (QED) is 0.184. The molecule has 0 spiro atoms. The lowest BCUT2D eigenvalue weighted by molar-refractivity contribution is -0.149. The van der Waals surface area contributed by atoms with E-state index in [2.05, 4.69) is 6.92 Å². The predicted molar refractivity (Wildman–Crippen MR) is 116 cm³/mol. The summed E-state index contributed by atoms with van der Waals surface area (Å²) < 4.78 is 10.3. The van der Waals surface area contributed by atoms with Crippen molar-refractivity contribution in [2.24, 2.45) is 5.92 Å². The smallest absolute Gasteiger partial charge is 0.306 e. The molecule has 0 saturated carbocycles. The van der Waals surface area contributed by atoms with E-state index in [1.54, 1.807) is 0 Å². The second kappa shape index (κ2) is 18.0. The number of rotatable bonds is 18. The van der Waals surface area contributed by atoms with Crippen LogP contribution in [0, 0.1) is 5.92 Å². The zero-order valence-electron chi connectivity index (χ0n) is 19.3. The van der Waals surface area contributed by atoms with Gasteiger partial charge in [-0.05, 0) is 40.0 Å². The van der Waals surface area contributed by atoms with Crippen molar-refractivity contribution in [1.82, 2.24) is 0 Å². The Kier molecular flexibility index (Phi) is 17.3. The topological polar surface area (TPSA) is 52.6 Å². The van der Waals surface area contributed by atoms with Gasteiger partial charge in [-0.1, -0.05) is 77.6 Å². The maximum Gasteiger partial charge on any atom is 0.306 e. The molecule has 0 fully saturated rings. The second-order valence-corrected chi connectivity index (χ2v) is 8.81. The van der Waals surface area contributed by atoms with E-state index in [1.165, 1.54) is 57.8 Å². The van der Waals surface area contributed by atoms with E-state index in [4.69, 9.17) is 9.47 Å². The number of carbonyl (C=O) groups excluding carboxylic acids is 2. The van der Waals surface area contributed by atoms with Gasteiger partial charge in [0.2, 0.25) is 0 Å². The SMILES string of the molecule is CC(CCCCCCCCCCCCCC(=O)OC(C)C)CC(=O)OC(C)C. The average molecular weight is 399 g/mol. The summed E-state index contributed by atoms with van der Waals surface area (Å²) in [5, 5.41) is 0. The van der Waals surface area contributed by atoms with Crippen molar-refractivity contribution >= 4 is 11.9 Å². The van der Waals surface area contributed by atoms with Crippen LogP contribution in [0.3, 0.4) is 0 Å². The highest BCUT2D eigenvalue weighted by molar-refractivity contribution is 5.69. The molecule has 4 nitrogen and oxygen atoms in total. The van der Waals surface area contributed by atoms with E-state index in [0.29, 0.717) is 18.8 Å². The van der Waals surface area contributed by atoms with Crippen molar-refractivity contribution in [3.63, 3.8) is 0 Å². The molecular weight excluding hydrogens is 352 g/mol. The molecule has 0 saturated heterocycles. The van der Waals surface area contributed by atoms with Crippen LogP contribution in [0.25, 0.3) is 0 Å². The van der Waals surface area contributed by atoms with Crippen LogP contribution in [0.1, 0.15) is 125 Å². The van der Waals surface area contributed by atoms with Gasteiger partial charge in [-0.15, -0.1) is 0 Å². The zero-order valence-corrected chi connectivity index (χ0v) is 19.3. The van der Waals surface area contributed by atoms with E-state index >= 15 is 0 Å². The Hall–Kier alpha value is -1.06. The molecule has 1 atom stereocenters. The van der Waals surface area contributed by atoms with Crippen molar-refractivity contribution < 1.29 is 19.1 Å². The van der Waals surface area contributed by atoms with Gasteiger partial charge < -0.3 is 9.47 Å². The minimum absolute atomic E-state index is 0.00409. The standard InChI is InChI=1S/C24H46O4/c1-20(2)27-23(25)18-16-14-12-10-8-6-7-9-11-13-15-17-22(5)19-24(26)28-21(3)4/h20-22H,6-19H2,1-5H3. The average Bonchev–Trinajstić information content (AvgIpc) is 2.57. The Labute approximate surface area is 174 Å². The first kappa shape index (κ1) is 26.9. The lowest BCUT2D eigenvalue weighted by atomic mass is 9.98. The lowest BCUT2D eigenvalue weighted by Crippen LogP contribution is -2.14. The second-order valence-electron chi connectivity index (χ2n) is 8.81. The Morgan fingerprint density at radius 2 is 0.964 bits per heavy atom. The third kappa shape index (κ3) is 19.7. The van der Waals surface area contributed by atoms with Gasteiger partial charge in [-0.3, -0.25) is 9.59 Å². The van der Waals surface area contributed by atoms with Crippen LogP contribution in [0.5, 0.6) is 0 Å². The maximum atomic E-state index is 11.6. The molecule has 0 aliphatic carbocycles. The van der Waals surface area contributed by atoms with Crippen LogP contribution in [-0.4, -0.2) is 24.1 Å². The Morgan fingerprint density at radius 1 is 0.571 bits per heavy atom. The molecular formula is C24H46O4. The number of hydrogen-bond acceptors (Lipinski definition) is 4. The molecule has 0 aliphatic heterocycles. The van der Waals surface area contributed by atoms with E-state index < -0.39 is 0 Å². The molecule has 0 aromatic rings. The van der Waals surface area contributed by atoms with Gasteiger partial charge in [-0.2, -0.15) is 0 Å². The molecule has 0 heterocycles. The molecule has 28 heavy (non-hydrogen) atoms. The summed E-state index contributed by atoms with van der Waals surface area (Å²) in [6.45, 7) is 9.73. The molecule has 0 bridgehead atoms. The van der Waals surface area contributed by atoms with Crippen LogP contribution in [-0.2, 0) is 19.1 Å². The van der Waals surface area contributed by atoms with Crippen molar-refractivity contribution in [2.45, 2.75) is 137 Å². The Bertz CT molecular complexity index is 390. The number of hydrogen-bond donors (Lipinski definition) is 0. The normalized spacial score (nSPS) is 12.4. The van der Waals surface area contributed by atoms with Gasteiger partial charge in [0.15, 0.2) is 0 Å². The molecule has 1 unspecified atom stereocenters. The molecule has 0 aromatic heterocycles. The van der Waals surface area contributed by atoms with Gasteiger partial charge in [-0.25, -0.2) is 0 Å². The van der Waals surface area contributed by atoms with E-state index in [0.717, 1.165) is 19.3 Å². The van der Waals surface area contributed by atoms with Crippen molar-refractivity contribution in [3.05, 3.63) is 0 Å². The zero-order chi connectivity index (χ0) is 21.2. The van der Waals surface area contributed by atoms with Gasteiger partial charge in [0.1, 0.15) is 0 Å². The van der Waals surface area contributed by atoms with Gasteiger partial charge >= 0.3 is 11.9 Å². The third-order valence-electron chi connectivity index (χ3n) is 4.83. The summed E-state index contributed by atoms with van der Waals surface area (Å²) in [6, 6.07) is 0. The fraction of sp³-hybridized carbons (Fsp3) is 0.917. The number of unbranched alkanes of at least 4 members (excludes halogenated alkanes) is 10. The van der Waals surface area contributed by atoms with Crippen molar-refractivity contribution in [3.8, 4) is 0 Å². The fourth-order valence-corrected chi connectivity index (χ4v) is 3.37. The Balaban J connectivity index is 3.29. The molecule has 0 rings (SSSR count). The molecule has 0 amide bonds. The molecule has 0 aliphatic rings. The maximum absolute atomic E-state index is 11.6. The summed E-state index contributed by atoms with van der Waals surface area (Å²) in [7, 11) is 0. The summed E-state index contributed by atoms with van der Waals surface area (Å²) in [4.78, 5) is 23.0. The minimum atomic E-state index is -0.0574. The number of carbonyl (C=O) groups is 2. The van der Waals surface area contributed by atoms with E-state index in [9.17, 15) is 9.59 Å². The van der Waals surface area contributed by atoms with Crippen molar-refractivity contribution in [2.75, 3.05) is 0 Å².